The smallest absolute Gasteiger partial charge is 0.232 e. The number of rotatable bonds is 5. The lowest BCUT2D eigenvalue weighted by Crippen LogP contribution is -2.46. The summed E-state index contributed by atoms with van der Waals surface area (Å²) in [4.78, 5) is 31.3. The molecule has 2 aromatic rings. The van der Waals surface area contributed by atoms with E-state index in [1.165, 1.54) is 0 Å². The second-order valence-corrected chi connectivity index (χ2v) is 6.83. The van der Waals surface area contributed by atoms with E-state index in [1.54, 1.807) is 23.6 Å². The summed E-state index contributed by atoms with van der Waals surface area (Å²) in [6.07, 6.45) is 8.12. The highest BCUT2D eigenvalue weighted by atomic mass is 16.2. The van der Waals surface area contributed by atoms with E-state index in [9.17, 15) is 9.59 Å². The lowest BCUT2D eigenvalue weighted by molar-refractivity contribution is -0.141. The van der Waals surface area contributed by atoms with Crippen LogP contribution >= 0.6 is 0 Å². The van der Waals surface area contributed by atoms with Crippen LogP contribution in [0.3, 0.4) is 0 Å². The summed E-state index contributed by atoms with van der Waals surface area (Å²) in [7, 11) is 0. The third-order valence-electron chi connectivity index (χ3n) is 5.18. The van der Waals surface area contributed by atoms with E-state index >= 15 is 0 Å². The van der Waals surface area contributed by atoms with Gasteiger partial charge in [-0.3, -0.25) is 24.5 Å². The van der Waals surface area contributed by atoms with Crippen molar-refractivity contribution in [3.8, 4) is 0 Å². The van der Waals surface area contributed by atoms with E-state index in [0.29, 0.717) is 31.4 Å². The maximum atomic E-state index is 13.1. The Bertz CT molecular complexity index is 801. The summed E-state index contributed by atoms with van der Waals surface area (Å²) in [5.74, 6) is 0.123. The monoisotopic (exact) mass is 354 g/mol. The second-order valence-electron chi connectivity index (χ2n) is 6.83. The third kappa shape index (κ3) is 3.07. The molecule has 0 radical (unpaired) electrons. The van der Waals surface area contributed by atoms with Crippen LogP contribution in [0.1, 0.15) is 50.3 Å². The molecule has 2 amide bonds. The van der Waals surface area contributed by atoms with Gasteiger partial charge in [-0.1, -0.05) is 0 Å². The summed E-state index contributed by atoms with van der Waals surface area (Å²) >= 11 is 0. The number of aromatic nitrogens is 4. The number of likely N-dealkylation sites (tertiary alicyclic amines) is 1. The number of carbonyl (C=O) groups is 2. The van der Waals surface area contributed by atoms with Gasteiger partial charge in [0.05, 0.1) is 12.0 Å². The minimum absolute atomic E-state index is 0.0829. The van der Waals surface area contributed by atoms with Crippen molar-refractivity contribution in [2.75, 3.05) is 11.9 Å². The van der Waals surface area contributed by atoms with Crippen LogP contribution in [0.25, 0.3) is 0 Å². The van der Waals surface area contributed by atoms with E-state index in [-0.39, 0.29) is 23.8 Å². The summed E-state index contributed by atoms with van der Waals surface area (Å²) in [5, 5.41) is 10.9. The van der Waals surface area contributed by atoms with Crippen molar-refractivity contribution in [1.29, 1.82) is 0 Å². The number of anilines is 1. The minimum atomic E-state index is -0.334. The predicted molar refractivity (Wildman–Crippen MR) is 94.0 cm³/mol. The van der Waals surface area contributed by atoms with E-state index in [4.69, 9.17) is 0 Å². The van der Waals surface area contributed by atoms with Crippen LogP contribution in [0.4, 0.5) is 5.95 Å². The molecule has 1 saturated heterocycles. The zero-order chi connectivity index (χ0) is 18.1. The van der Waals surface area contributed by atoms with Gasteiger partial charge in [-0.15, -0.1) is 10.2 Å². The van der Waals surface area contributed by atoms with Crippen molar-refractivity contribution in [1.82, 2.24) is 24.6 Å². The Hall–Kier alpha value is -2.77. The van der Waals surface area contributed by atoms with Crippen molar-refractivity contribution in [2.45, 2.75) is 44.7 Å². The third-order valence-corrected chi connectivity index (χ3v) is 5.18. The molecular formula is C18H22N6O2. The molecule has 2 aromatic heterocycles. The van der Waals surface area contributed by atoms with Gasteiger partial charge in [0.2, 0.25) is 17.8 Å². The summed E-state index contributed by atoms with van der Waals surface area (Å²) < 4.78 is 1.92. The Balaban J connectivity index is 1.60. The lowest BCUT2D eigenvalue weighted by Gasteiger charge is -2.40. The van der Waals surface area contributed by atoms with Gasteiger partial charge >= 0.3 is 0 Å². The summed E-state index contributed by atoms with van der Waals surface area (Å²) in [5.41, 5.74) is 0.929. The molecule has 2 aliphatic rings. The molecule has 3 heterocycles. The second kappa shape index (κ2) is 6.86. The zero-order valence-electron chi connectivity index (χ0n) is 14.7. The van der Waals surface area contributed by atoms with Crippen molar-refractivity contribution in [2.24, 2.45) is 5.92 Å². The predicted octanol–water partition coefficient (Wildman–Crippen LogP) is 1.95. The van der Waals surface area contributed by atoms with Crippen molar-refractivity contribution >= 4 is 17.8 Å². The Kier molecular flexibility index (Phi) is 4.40. The topological polar surface area (TPSA) is 93.0 Å². The number of hydrogen-bond acceptors (Lipinski definition) is 5. The lowest BCUT2D eigenvalue weighted by atomic mass is 9.84. The summed E-state index contributed by atoms with van der Waals surface area (Å²) in [6, 6.07) is 3.84. The molecule has 2 fully saturated rings. The normalized spacial score (nSPS) is 23.1. The van der Waals surface area contributed by atoms with Gasteiger partial charge in [-0.2, -0.15) is 0 Å². The number of nitrogens with zero attached hydrogens (tertiary/aromatic N) is 5. The first-order valence-corrected chi connectivity index (χ1v) is 9.08. The molecule has 0 aromatic carbocycles. The first-order valence-electron chi connectivity index (χ1n) is 9.08. The van der Waals surface area contributed by atoms with Crippen molar-refractivity contribution < 1.29 is 9.59 Å². The van der Waals surface area contributed by atoms with Gasteiger partial charge < -0.3 is 4.90 Å². The Morgan fingerprint density at radius 3 is 2.73 bits per heavy atom. The Morgan fingerprint density at radius 1 is 1.27 bits per heavy atom. The van der Waals surface area contributed by atoms with Crippen LogP contribution in [-0.2, 0) is 9.59 Å². The fraction of sp³-hybridized carbons (Fsp3) is 0.500. The molecule has 0 unspecified atom stereocenters. The molecule has 1 N–H and O–H groups in total. The average molecular weight is 354 g/mol. The van der Waals surface area contributed by atoms with Crippen LogP contribution in [0.5, 0.6) is 0 Å². The number of piperidine rings is 1. The van der Waals surface area contributed by atoms with Gasteiger partial charge in [0.25, 0.3) is 0 Å². The SMILES string of the molecule is CCN1C(=O)CC[C@H](C(=O)Nc2nncn2C2CC2)[C@H]1c1ccncc1. The number of nitrogens with one attached hydrogen (secondary N) is 1. The molecule has 8 nitrogen and oxygen atoms in total. The maximum absolute atomic E-state index is 13.1. The average Bonchev–Trinajstić information content (AvgIpc) is 3.41. The van der Waals surface area contributed by atoms with Crippen LogP contribution in [0, 0.1) is 5.92 Å². The molecule has 136 valence electrons. The quantitative estimate of drug-likeness (QED) is 0.886. The van der Waals surface area contributed by atoms with E-state index < -0.39 is 0 Å². The number of hydrogen-bond donors (Lipinski definition) is 1. The molecule has 2 atom stereocenters. The van der Waals surface area contributed by atoms with E-state index in [0.717, 1.165) is 18.4 Å². The highest BCUT2D eigenvalue weighted by Gasteiger charge is 2.40. The van der Waals surface area contributed by atoms with Crippen LogP contribution in [0.15, 0.2) is 30.9 Å². The largest absolute Gasteiger partial charge is 0.335 e. The van der Waals surface area contributed by atoms with Gasteiger partial charge in [-0.25, -0.2) is 0 Å². The minimum Gasteiger partial charge on any atom is -0.335 e. The first-order chi connectivity index (χ1) is 12.7. The fourth-order valence-electron chi connectivity index (χ4n) is 3.73. The number of pyridine rings is 1. The van der Waals surface area contributed by atoms with E-state index in [1.807, 2.05) is 23.6 Å². The highest BCUT2D eigenvalue weighted by molar-refractivity contribution is 5.93. The fourth-order valence-corrected chi connectivity index (χ4v) is 3.73. The Morgan fingerprint density at radius 2 is 2.04 bits per heavy atom. The number of amides is 2. The zero-order valence-corrected chi connectivity index (χ0v) is 14.7. The van der Waals surface area contributed by atoms with Crippen molar-refractivity contribution in [3.05, 3.63) is 36.4 Å². The van der Waals surface area contributed by atoms with Gasteiger partial charge in [0.15, 0.2) is 0 Å². The van der Waals surface area contributed by atoms with Crippen LogP contribution in [-0.4, -0.2) is 43.0 Å². The van der Waals surface area contributed by atoms with Crippen molar-refractivity contribution in [3.63, 3.8) is 0 Å². The molecule has 0 spiro atoms. The molecule has 1 aliphatic heterocycles. The maximum Gasteiger partial charge on any atom is 0.232 e. The van der Waals surface area contributed by atoms with Crippen LogP contribution in [0.2, 0.25) is 0 Å². The van der Waals surface area contributed by atoms with Gasteiger partial charge in [-0.05, 0) is 43.9 Å². The Labute approximate surface area is 151 Å². The van der Waals surface area contributed by atoms with Crippen LogP contribution < -0.4 is 5.32 Å². The molecule has 1 aliphatic carbocycles. The molecule has 1 saturated carbocycles. The summed E-state index contributed by atoms with van der Waals surface area (Å²) in [6.45, 7) is 2.50. The highest BCUT2D eigenvalue weighted by Crippen LogP contribution is 2.39. The van der Waals surface area contributed by atoms with Gasteiger partial charge in [0.1, 0.15) is 6.33 Å². The number of carbonyl (C=O) groups excluding carboxylic acids is 2. The first kappa shape index (κ1) is 16.7. The standard InChI is InChI=1S/C18H22N6O2/c1-2-23-15(25)6-5-14(16(23)12-7-9-19-10-8-12)17(26)21-18-22-20-11-24(18)13-3-4-13/h7-11,13-14,16H,2-6H2,1H3,(H,21,22,26)/t14-,16+/m0/s1. The molecule has 26 heavy (non-hydrogen) atoms. The molecule has 0 bridgehead atoms. The van der Waals surface area contributed by atoms with Gasteiger partial charge in [0, 0.05) is 31.4 Å². The molecule has 8 heteroatoms. The van der Waals surface area contributed by atoms with E-state index in [2.05, 4.69) is 20.5 Å². The molecule has 4 rings (SSSR count). The molecular weight excluding hydrogens is 332 g/mol.